The first kappa shape index (κ1) is 13.9. The third-order valence-electron chi connectivity index (χ3n) is 2.91. The lowest BCUT2D eigenvalue weighted by Gasteiger charge is -2.03. The van der Waals surface area contributed by atoms with E-state index < -0.39 is 0 Å². The molecule has 20 heavy (non-hydrogen) atoms. The van der Waals surface area contributed by atoms with Gasteiger partial charge in [0.05, 0.1) is 5.75 Å². The van der Waals surface area contributed by atoms with Crippen molar-refractivity contribution in [2.24, 2.45) is 0 Å². The minimum Gasteiger partial charge on any atom is -0.221 e. The summed E-state index contributed by atoms with van der Waals surface area (Å²) < 4.78 is 0. The van der Waals surface area contributed by atoms with Crippen molar-refractivity contribution >= 4 is 44.9 Å². The van der Waals surface area contributed by atoms with E-state index in [0.29, 0.717) is 5.15 Å². The molecule has 1 aromatic carbocycles. The minimum atomic E-state index is 0.558. The number of thioether (sulfide) groups is 1. The molecule has 0 aliphatic heterocycles. The van der Waals surface area contributed by atoms with Crippen LogP contribution in [0.25, 0.3) is 10.2 Å². The molecule has 0 unspecified atom stereocenters. The second-order valence-electron chi connectivity index (χ2n) is 4.55. The molecule has 2 nitrogen and oxygen atoms in total. The summed E-state index contributed by atoms with van der Waals surface area (Å²) in [6, 6.07) is 10.5. The van der Waals surface area contributed by atoms with Crippen molar-refractivity contribution in [2.45, 2.75) is 18.4 Å². The topological polar surface area (TPSA) is 25.8 Å². The fourth-order valence-electron chi connectivity index (χ4n) is 1.99. The van der Waals surface area contributed by atoms with E-state index in [-0.39, 0.29) is 0 Å². The summed E-state index contributed by atoms with van der Waals surface area (Å²) >= 11 is 9.58. The van der Waals surface area contributed by atoms with Crippen LogP contribution in [0, 0.1) is 6.92 Å². The molecule has 0 atom stereocenters. The van der Waals surface area contributed by atoms with Gasteiger partial charge in [0.15, 0.2) is 0 Å². The Morgan fingerprint density at radius 2 is 2.10 bits per heavy atom. The monoisotopic (exact) mass is 320 g/mol. The zero-order valence-electron chi connectivity index (χ0n) is 11.0. The molecule has 5 heteroatoms. The van der Waals surface area contributed by atoms with Gasteiger partial charge in [-0.2, -0.15) is 0 Å². The Kier molecular flexibility index (Phi) is 4.24. The Hall–Kier alpha value is -1.10. The highest BCUT2D eigenvalue weighted by atomic mass is 35.5. The molecule has 0 spiro atoms. The number of fused-ring (bicyclic) bond motifs is 1. The van der Waals surface area contributed by atoms with E-state index in [9.17, 15) is 0 Å². The van der Waals surface area contributed by atoms with Crippen LogP contribution >= 0.6 is 34.7 Å². The molecule has 0 aliphatic carbocycles. The first-order valence-corrected chi connectivity index (χ1v) is 8.66. The molecule has 102 valence electrons. The maximum atomic E-state index is 6.17. The van der Waals surface area contributed by atoms with Crippen LogP contribution in [-0.4, -0.2) is 9.97 Å². The van der Waals surface area contributed by atoms with Crippen molar-refractivity contribution in [3.05, 3.63) is 57.8 Å². The summed E-state index contributed by atoms with van der Waals surface area (Å²) in [6.45, 7) is 2.11. The number of rotatable bonds is 4. The number of nitrogens with zero attached hydrogens (tertiary/aromatic N) is 2. The van der Waals surface area contributed by atoms with Crippen molar-refractivity contribution in [1.29, 1.82) is 0 Å². The normalized spacial score (nSPS) is 11.1. The van der Waals surface area contributed by atoms with Crippen LogP contribution in [0.3, 0.4) is 0 Å². The average Bonchev–Trinajstić information content (AvgIpc) is 2.88. The number of halogens is 1. The Labute approximate surface area is 131 Å². The van der Waals surface area contributed by atoms with Gasteiger partial charge in [-0.1, -0.05) is 41.4 Å². The molecule has 0 aliphatic rings. The van der Waals surface area contributed by atoms with E-state index in [1.54, 1.807) is 11.3 Å². The maximum Gasteiger partial charge on any atom is 0.141 e. The predicted molar refractivity (Wildman–Crippen MR) is 88.6 cm³/mol. The van der Waals surface area contributed by atoms with E-state index in [0.717, 1.165) is 27.5 Å². The van der Waals surface area contributed by atoms with Gasteiger partial charge in [-0.05, 0) is 23.9 Å². The van der Waals surface area contributed by atoms with Crippen molar-refractivity contribution in [1.82, 2.24) is 9.97 Å². The van der Waals surface area contributed by atoms with Gasteiger partial charge >= 0.3 is 0 Å². The lowest BCUT2D eigenvalue weighted by molar-refractivity contribution is 1.07. The number of aromatic nitrogens is 2. The lowest BCUT2D eigenvalue weighted by Crippen LogP contribution is -1.93. The average molecular weight is 321 g/mol. The summed E-state index contributed by atoms with van der Waals surface area (Å²) in [4.78, 5) is 9.88. The first-order valence-electron chi connectivity index (χ1n) is 6.25. The minimum absolute atomic E-state index is 0.558. The van der Waals surface area contributed by atoms with Gasteiger partial charge < -0.3 is 0 Å². The van der Waals surface area contributed by atoms with E-state index in [1.807, 2.05) is 23.2 Å². The van der Waals surface area contributed by atoms with Crippen molar-refractivity contribution in [3.8, 4) is 0 Å². The zero-order valence-corrected chi connectivity index (χ0v) is 13.4. The maximum absolute atomic E-state index is 6.17. The quantitative estimate of drug-likeness (QED) is 0.626. The van der Waals surface area contributed by atoms with Gasteiger partial charge in [-0.25, -0.2) is 9.97 Å². The SMILES string of the molecule is Cc1cccc(CSCc2nc(Cl)c3ccsc3n2)c1. The van der Waals surface area contributed by atoms with E-state index in [2.05, 4.69) is 41.2 Å². The Balaban J connectivity index is 1.68. The summed E-state index contributed by atoms with van der Waals surface area (Å²) in [6.07, 6.45) is 0. The molecular weight excluding hydrogens is 308 g/mol. The standard InChI is InChI=1S/C15H13ClN2S2/c1-10-3-2-4-11(7-10)8-19-9-13-17-14(16)12-5-6-20-15(12)18-13/h2-7H,8-9H2,1H3. The molecule has 3 rings (SSSR count). The van der Waals surface area contributed by atoms with Crippen LogP contribution < -0.4 is 0 Å². The van der Waals surface area contributed by atoms with Gasteiger partial charge in [0.25, 0.3) is 0 Å². The summed E-state index contributed by atoms with van der Waals surface area (Å²) in [5.74, 6) is 2.55. The largest absolute Gasteiger partial charge is 0.221 e. The smallest absolute Gasteiger partial charge is 0.141 e. The van der Waals surface area contributed by atoms with Crippen LogP contribution in [0.1, 0.15) is 17.0 Å². The molecule has 0 N–H and O–H groups in total. The zero-order chi connectivity index (χ0) is 13.9. The van der Waals surface area contributed by atoms with Crippen LogP contribution in [0.4, 0.5) is 0 Å². The van der Waals surface area contributed by atoms with Crippen LogP contribution in [0.15, 0.2) is 35.7 Å². The molecule has 3 aromatic rings. The molecular formula is C15H13ClN2S2. The van der Waals surface area contributed by atoms with Crippen LogP contribution in [0.5, 0.6) is 0 Å². The fraction of sp³-hybridized carbons (Fsp3) is 0.200. The summed E-state index contributed by atoms with van der Waals surface area (Å²) in [5, 5.41) is 3.50. The molecule has 0 radical (unpaired) electrons. The van der Waals surface area contributed by atoms with Crippen LogP contribution in [-0.2, 0) is 11.5 Å². The Bertz CT molecular complexity index is 740. The van der Waals surface area contributed by atoms with E-state index in [4.69, 9.17) is 11.6 Å². The number of hydrogen-bond donors (Lipinski definition) is 0. The highest BCUT2D eigenvalue weighted by Gasteiger charge is 2.07. The predicted octanol–water partition coefficient (Wildman–Crippen LogP) is 5.09. The van der Waals surface area contributed by atoms with Crippen LogP contribution in [0.2, 0.25) is 5.15 Å². The van der Waals surface area contributed by atoms with Gasteiger partial charge in [-0.15, -0.1) is 23.1 Å². The second-order valence-corrected chi connectivity index (χ2v) is 6.79. The third kappa shape index (κ3) is 3.14. The molecule has 0 saturated heterocycles. The third-order valence-corrected chi connectivity index (χ3v) is 5.00. The highest BCUT2D eigenvalue weighted by Crippen LogP contribution is 2.26. The highest BCUT2D eigenvalue weighted by molar-refractivity contribution is 7.97. The molecule has 0 bridgehead atoms. The van der Waals surface area contributed by atoms with E-state index >= 15 is 0 Å². The van der Waals surface area contributed by atoms with Gasteiger partial charge in [0.2, 0.25) is 0 Å². The van der Waals surface area contributed by atoms with Crippen molar-refractivity contribution < 1.29 is 0 Å². The second kappa shape index (κ2) is 6.12. The van der Waals surface area contributed by atoms with Gasteiger partial charge in [0, 0.05) is 11.1 Å². The molecule has 2 aromatic heterocycles. The lowest BCUT2D eigenvalue weighted by atomic mass is 10.2. The van der Waals surface area contributed by atoms with Crippen molar-refractivity contribution in [3.63, 3.8) is 0 Å². The Morgan fingerprint density at radius 3 is 2.95 bits per heavy atom. The number of hydrogen-bond acceptors (Lipinski definition) is 4. The Morgan fingerprint density at radius 1 is 1.20 bits per heavy atom. The first-order chi connectivity index (χ1) is 9.72. The summed E-state index contributed by atoms with van der Waals surface area (Å²) in [5.41, 5.74) is 2.63. The number of thiophene rings is 1. The number of benzene rings is 1. The van der Waals surface area contributed by atoms with E-state index in [1.165, 1.54) is 11.1 Å². The van der Waals surface area contributed by atoms with Gasteiger partial charge in [-0.3, -0.25) is 0 Å². The molecule has 2 heterocycles. The summed E-state index contributed by atoms with van der Waals surface area (Å²) in [7, 11) is 0. The van der Waals surface area contributed by atoms with Crippen molar-refractivity contribution in [2.75, 3.05) is 0 Å². The molecule has 0 amide bonds. The number of aryl methyl sites for hydroxylation is 1. The molecule has 0 fully saturated rings. The fourth-order valence-corrected chi connectivity index (χ4v) is 3.91. The molecule has 0 saturated carbocycles. The van der Waals surface area contributed by atoms with Gasteiger partial charge in [0.1, 0.15) is 15.8 Å².